The predicted molar refractivity (Wildman–Crippen MR) is 68.1 cm³/mol. The van der Waals surface area contributed by atoms with Crippen molar-refractivity contribution in [1.29, 1.82) is 0 Å². The van der Waals surface area contributed by atoms with Crippen molar-refractivity contribution in [2.24, 2.45) is 7.05 Å². The summed E-state index contributed by atoms with van der Waals surface area (Å²) in [5, 5.41) is 14.2. The van der Waals surface area contributed by atoms with E-state index in [4.69, 9.17) is 0 Å². The average Bonchev–Trinajstić information content (AvgIpc) is 2.66. The molecule has 0 radical (unpaired) electrons. The van der Waals surface area contributed by atoms with Crippen LogP contribution in [0.1, 0.15) is 17.4 Å². The Balaban J connectivity index is 2.32. The Kier molecular flexibility index (Phi) is 4.05. The van der Waals surface area contributed by atoms with Crippen molar-refractivity contribution in [3.63, 3.8) is 0 Å². The van der Waals surface area contributed by atoms with Gasteiger partial charge in [-0.05, 0) is 33.6 Å². The molecule has 0 aliphatic carbocycles. The van der Waals surface area contributed by atoms with Crippen LogP contribution in [0.4, 0.5) is 13.2 Å². The first kappa shape index (κ1) is 14.9. The van der Waals surface area contributed by atoms with Crippen molar-refractivity contribution in [1.82, 2.24) is 9.78 Å². The zero-order valence-electron chi connectivity index (χ0n) is 10.2. The standard InChI is InChI=1S/C12H10BrF3N2O2/c1-18-10(9(13)6-17-18)11(19)7-3-2-4-8(5-7)20-12(14,15)16/h2-6,11,19H,1H3. The van der Waals surface area contributed by atoms with Crippen LogP contribution >= 0.6 is 15.9 Å². The van der Waals surface area contributed by atoms with Crippen LogP contribution in [0.2, 0.25) is 0 Å². The Bertz CT molecular complexity index is 593. The molecule has 2 aromatic rings. The normalized spacial score (nSPS) is 13.3. The molecular formula is C12H10BrF3N2O2. The second kappa shape index (κ2) is 5.45. The number of hydrogen-bond donors (Lipinski definition) is 1. The van der Waals surface area contributed by atoms with Gasteiger partial charge in [0.05, 0.1) is 16.4 Å². The Hall–Kier alpha value is -1.54. The van der Waals surface area contributed by atoms with Crippen molar-refractivity contribution in [2.45, 2.75) is 12.5 Å². The van der Waals surface area contributed by atoms with Gasteiger partial charge >= 0.3 is 6.36 Å². The van der Waals surface area contributed by atoms with E-state index in [0.717, 1.165) is 6.07 Å². The summed E-state index contributed by atoms with van der Waals surface area (Å²) in [6, 6.07) is 5.19. The fourth-order valence-electron chi connectivity index (χ4n) is 1.77. The number of ether oxygens (including phenoxy) is 1. The van der Waals surface area contributed by atoms with Crippen LogP contribution in [0, 0.1) is 0 Å². The minimum atomic E-state index is -4.77. The summed E-state index contributed by atoms with van der Waals surface area (Å²) >= 11 is 3.23. The van der Waals surface area contributed by atoms with Gasteiger partial charge in [-0.3, -0.25) is 4.68 Å². The molecular weight excluding hydrogens is 341 g/mol. The van der Waals surface area contributed by atoms with Crippen LogP contribution in [-0.4, -0.2) is 21.2 Å². The second-order valence-electron chi connectivity index (χ2n) is 4.02. The van der Waals surface area contributed by atoms with Crippen molar-refractivity contribution in [3.8, 4) is 5.75 Å². The highest BCUT2D eigenvalue weighted by molar-refractivity contribution is 9.10. The maximum absolute atomic E-state index is 12.2. The number of aliphatic hydroxyl groups excluding tert-OH is 1. The minimum absolute atomic E-state index is 0.274. The molecule has 0 aliphatic heterocycles. The van der Waals surface area contributed by atoms with Crippen molar-refractivity contribution in [3.05, 3.63) is 46.2 Å². The molecule has 1 heterocycles. The van der Waals surface area contributed by atoms with E-state index in [1.54, 1.807) is 7.05 Å². The minimum Gasteiger partial charge on any atom is -0.406 e. The van der Waals surface area contributed by atoms with E-state index >= 15 is 0 Å². The van der Waals surface area contributed by atoms with E-state index in [1.807, 2.05) is 0 Å². The summed E-state index contributed by atoms with van der Waals surface area (Å²) in [5.41, 5.74) is 0.713. The summed E-state index contributed by atoms with van der Waals surface area (Å²) in [6.45, 7) is 0. The van der Waals surface area contributed by atoms with E-state index in [-0.39, 0.29) is 11.3 Å². The third-order valence-electron chi connectivity index (χ3n) is 2.60. The van der Waals surface area contributed by atoms with Crippen LogP contribution in [0.15, 0.2) is 34.9 Å². The molecule has 2 rings (SSSR count). The van der Waals surface area contributed by atoms with Crippen LogP contribution in [0.5, 0.6) is 5.75 Å². The Morgan fingerprint density at radius 3 is 2.65 bits per heavy atom. The molecule has 108 valence electrons. The fraction of sp³-hybridized carbons (Fsp3) is 0.250. The van der Waals surface area contributed by atoms with Crippen LogP contribution < -0.4 is 4.74 Å². The molecule has 20 heavy (non-hydrogen) atoms. The van der Waals surface area contributed by atoms with Crippen LogP contribution in [0.3, 0.4) is 0 Å². The molecule has 0 spiro atoms. The fourth-order valence-corrected chi connectivity index (χ4v) is 2.33. The van der Waals surface area contributed by atoms with Gasteiger partial charge < -0.3 is 9.84 Å². The van der Waals surface area contributed by atoms with Crippen molar-refractivity contribution >= 4 is 15.9 Å². The Morgan fingerprint density at radius 1 is 1.40 bits per heavy atom. The van der Waals surface area contributed by atoms with Crippen molar-refractivity contribution < 1.29 is 23.0 Å². The first-order valence-corrected chi connectivity index (χ1v) is 6.28. The lowest BCUT2D eigenvalue weighted by Gasteiger charge is -2.14. The molecule has 1 unspecified atom stereocenters. The summed E-state index contributed by atoms with van der Waals surface area (Å²) in [5.74, 6) is -0.382. The molecule has 1 aromatic carbocycles. The van der Waals surface area contributed by atoms with Crippen molar-refractivity contribution in [2.75, 3.05) is 0 Å². The lowest BCUT2D eigenvalue weighted by molar-refractivity contribution is -0.274. The van der Waals surface area contributed by atoms with Crippen LogP contribution in [-0.2, 0) is 7.05 Å². The second-order valence-corrected chi connectivity index (χ2v) is 4.88. The monoisotopic (exact) mass is 350 g/mol. The maximum Gasteiger partial charge on any atom is 0.573 e. The number of benzene rings is 1. The van der Waals surface area contributed by atoms with Gasteiger partial charge in [-0.25, -0.2) is 0 Å². The maximum atomic E-state index is 12.2. The number of nitrogens with zero attached hydrogens (tertiary/aromatic N) is 2. The number of aliphatic hydroxyl groups is 1. The van der Waals surface area contributed by atoms with E-state index < -0.39 is 12.5 Å². The number of aryl methyl sites for hydroxylation is 1. The third kappa shape index (κ3) is 3.31. The smallest absolute Gasteiger partial charge is 0.406 e. The molecule has 0 saturated carbocycles. The third-order valence-corrected chi connectivity index (χ3v) is 3.22. The van der Waals surface area contributed by atoms with Gasteiger partial charge in [0, 0.05) is 7.05 Å². The summed E-state index contributed by atoms with van der Waals surface area (Å²) in [6.07, 6.45) is -4.39. The summed E-state index contributed by atoms with van der Waals surface area (Å²) in [7, 11) is 1.62. The van der Waals surface area contributed by atoms with Gasteiger partial charge in [-0.15, -0.1) is 13.2 Å². The summed E-state index contributed by atoms with van der Waals surface area (Å²) < 4.78 is 42.3. The number of aromatic nitrogens is 2. The highest BCUT2D eigenvalue weighted by Crippen LogP contribution is 2.31. The van der Waals surface area contributed by atoms with E-state index in [1.165, 1.54) is 29.1 Å². The molecule has 0 aliphatic rings. The topological polar surface area (TPSA) is 47.3 Å². The molecule has 0 bridgehead atoms. The zero-order chi connectivity index (χ0) is 14.9. The number of halogens is 4. The summed E-state index contributed by atoms with van der Waals surface area (Å²) in [4.78, 5) is 0. The first-order valence-electron chi connectivity index (χ1n) is 5.49. The number of hydrogen-bond acceptors (Lipinski definition) is 3. The van der Waals surface area contributed by atoms with E-state index in [2.05, 4.69) is 25.8 Å². The molecule has 0 fully saturated rings. The van der Waals surface area contributed by atoms with E-state index in [9.17, 15) is 18.3 Å². The Morgan fingerprint density at radius 2 is 2.10 bits per heavy atom. The Labute approximate surface area is 120 Å². The quantitative estimate of drug-likeness (QED) is 0.924. The van der Waals surface area contributed by atoms with Gasteiger partial charge in [0.15, 0.2) is 0 Å². The van der Waals surface area contributed by atoms with Gasteiger partial charge in [-0.1, -0.05) is 12.1 Å². The molecule has 1 aromatic heterocycles. The highest BCUT2D eigenvalue weighted by Gasteiger charge is 2.31. The molecule has 8 heteroatoms. The number of rotatable bonds is 3. The molecule has 1 N–H and O–H groups in total. The van der Waals surface area contributed by atoms with Gasteiger partial charge in [-0.2, -0.15) is 5.10 Å². The lowest BCUT2D eigenvalue weighted by Crippen LogP contribution is -2.17. The first-order chi connectivity index (χ1) is 9.28. The van der Waals surface area contributed by atoms with Gasteiger partial charge in [0.2, 0.25) is 0 Å². The lowest BCUT2D eigenvalue weighted by atomic mass is 10.1. The average molecular weight is 351 g/mol. The van der Waals surface area contributed by atoms with Gasteiger partial charge in [0.25, 0.3) is 0 Å². The molecule has 0 saturated heterocycles. The predicted octanol–water partition coefficient (Wildman–Crippen LogP) is 3.16. The number of alkyl halides is 3. The SMILES string of the molecule is Cn1ncc(Br)c1C(O)c1cccc(OC(F)(F)F)c1. The largest absolute Gasteiger partial charge is 0.573 e. The highest BCUT2D eigenvalue weighted by atomic mass is 79.9. The molecule has 4 nitrogen and oxygen atoms in total. The molecule has 1 atom stereocenters. The van der Waals surface area contributed by atoms with Gasteiger partial charge in [0.1, 0.15) is 11.9 Å². The molecule has 0 amide bonds. The van der Waals surface area contributed by atoms with Crippen LogP contribution in [0.25, 0.3) is 0 Å². The van der Waals surface area contributed by atoms with E-state index in [0.29, 0.717) is 10.2 Å². The zero-order valence-corrected chi connectivity index (χ0v) is 11.8.